The molecular formula is C12H12N2O3. The molecule has 0 radical (unpaired) electrons. The summed E-state index contributed by atoms with van der Waals surface area (Å²) in [5, 5.41) is 14.1. The zero-order chi connectivity index (χ0) is 12.6. The summed E-state index contributed by atoms with van der Waals surface area (Å²) in [6.07, 6.45) is 0.855. The molecule has 0 unspecified atom stereocenters. The summed E-state index contributed by atoms with van der Waals surface area (Å²) in [7, 11) is 0. The van der Waals surface area contributed by atoms with Gasteiger partial charge in [0.1, 0.15) is 5.70 Å². The number of aliphatic carboxylic acids is 1. The van der Waals surface area contributed by atoms with Crippen molar-refractivity contribution in [3.63, 3.8) is 0 Å². The van der Waals surface area contributed by atoms with E-state index in [1.165, 1.54) is 0 Å². The van der Waals surface area contributed by atoms with Crippen molar-refractivity contribution in [2.75, 3.05) is 10.6 Å². The first-order valence-electron chi connectivity index (χ1n) is 5.11. The van der Waals surface area contributed by atoms with E-state index in [1.54, 1.807) is 0 Å². The molecule has 3 N–H and O–H groups in total. The normalized spacial score (nSPS) is 16.1. The molecule has 0 aromatic heterocycles. The molecule has 5 heteroatoms. The lowest BCUT2D eigenvalue weighted by atomic mass is 10.1. The molecule has 0 atom stereocenters. The number of aryl methyl sites for hydroxylation is 2. The number of anilines is 2. The first-order chi connectivity index (χ1) is 7.97. The van der Waals surface area contributed by atoms with Gasteiger partial charge in [-0.25, -0.2) is 4.79 Å². The maximum atomic E-state index is 11.6. The van der Waals surface area contributed by atoms with Gasteiger partial charge in [0.05, 0.1) is 17.5 Å². The van der Waals surface area contributed by atoms with E-state index in [0.717, 1.165) is 17.2 Å². The summed E-state index contributed by atoms with van der Waals surface area (Å²) >= 11 is 0. The van der Waals surface area contributed by atoms with Crippen LogP contribution in [-0.2, 0) is 9.59 Å². The number of carbonyl (C=O) groups excluding carboxylic acids is 1. The fourth-order valence-electron chi connectivity index (χ4n) is 1.64. The summed E-state index contributed by atoms with van der Waals surface area (Å²) in [5.74, 6) is -1.60. The van der Waals surface area contributed by atoms with E-state index in [2.05, 4.69) is 10.6 Å². The number of fused-ring (bicyclic) bond motifs is 1. The Morgan fingerprint density at radius 3 is 2.24 bits per heavy atom. The molecule has 0 aliphatic carbocycles. The molecule has 17 heavy (non-hydrogen) atoms. The van der Waals surface area contributed by atoms with E-state index < -0.39 is 11.9 Å². The molecule has 1 heterocycles. The predicted octanol–water partition coefficient (Wildman–Crippen LogP) is 1.64. The highest BCUT2D eigenvalue weighted by Crippen LogP contribution is 2.30. The van der Waals surface area contributed by atoms with Gasteiger partial charge in [-0.05, 0) is 37.1 Å². The van der Waals surface area contributed by atoms with Crippen LogP contribution in [0.3, 0.4) is 0 Å². The van der Waals surface area contributed by atoms with Crippen molar-refractivity contribution < 1.29 is 14.7 Å². The third-order valence-corrected chi connectivity index (χ3v) is 2.66. The molecule has 1 aromatic carbocycles. The Bertz CT molecular complexity index is 547. The summed E-state index contributed by atoms with van der Waals surface area (Å²) in [6, 6.07) is 3.73. The quantitative estimate of drug-likeness (QED) is 0.643. The van der Waals surface area contributed by atoms with Gasteiger partial charge in [0.2, 0.25) is 0 Å². The number of hydrogen-bond donors (Lipinski definition) is 3. The maximum absolute atomic E-state index is 11.6. The Kier molecular flexibility index (Phi) is 2.59. The lowest BCUT2D eigenvalue weighted by Gasteiger charge is -2.22. The number of carboxylic acids is 1. The van der Waals surface area contributed by atoms with E-state index >= 15 is 0 Å². The SMILES string of the molecule is Cc1cc2c(cc1C)N/C(=C\C(=O)O)C(=O)N2. The summed E-state index contributed by atoms with van der Waals surface area (Å²) < 4.78 is 0. The van der Waals surface area contributed by atoms with E-state index in [1.807, 2.05) is 26.0 Å². The molecule has 0 spiro atoms. The summed E-state index contributed by atoms with van der Waals surface area (Å²) in [6.45, 7) is 3.90. The minimum absolute atomic E-state index is 0.0354. The van der Waals surface area contributed by atoms with Gasteiger partial charge in [-0.1, -0.05) is 0 Å². The van der Waals surface area contributed by atoms with Crippen LogP contribution in [0.25, 0.3) is 0 Å². The molecule has 2 rings (SSSR count). The Morgan fingerprint density at radius 2 is 1.71 bits per heavy atom. The highest BCUT2D eigenvalue weighted by molar-refractivity contribution is 6.13. The van der Waals surface area contributed by atoms with Gasteiger partial charge >= 0.3 is 5.97 Å². The lowest BCUT2D eigenvalue weighted by Crippen LogP contribution is -2.26. The summed E-state index contributed by atoms with van der Waals surface area (Å²) in [4.78, 5) is 22.1. The van der Waals surface area contributed by atoms with Crippen LogP contribution in [-0.4, -0.2) is 17.0 Å². The third-order valence-electron chi connectivity index (χ3n) is 2.66. The Balaban J connectivity index is 2.44. The Morgan fingerprint density at radius 1 is 1.18 bits per heavy atom. The molecule has 0 bridgehead atoms. The third kappa shape index (κ3) is 2.13. The van der Waals surface area contributed by atoms with Crippen molar-refractivity contribution >= 4 is 23.3 Å². The van der Waals surface area contributed by atoms with Crippen molar-refractivity contribution in [2.45, 2.75) is 13.8 Å². The van der Waals surface area contributed by atoms with Gasteiger partial charge in [-0.3, -0.25) is 4.79 Å². The van der Waals surface area contributed by atoms with Crippen LogP contribution in [0.15, 0.2) is 23.9 Å². The van der Waals surface area contributed by atoms with Gasteiger partial charge in [0.25, 0.3) is 5.91 Å². The predicted molar refractivity (Wildman–Crippen MR) is 63.9 cm³/mol. The number of amides is 1. The Hall–Kier alpha value is -2.30. The van der Waals surface area contributed by atoms with Crippen molar-refractivity contribution in [2.24, 2.45) is 0 Å². The first kappa shape index (κ1) is 11.2. The van der Waals surface area contributed by atoms with Gasteiger partial charge in [0, 0.05) is 0 Å². The largest absolute Gasteiger partial charge is 0.478 e. The summed E-state index contributed by atoms with van der Waals surface area (Å²) in [5.41, 5.74) is 3.55. The number of rotatable bonds is 1. The van der Waals surface area contributed by atoms with Crippen LogP contribution in [0.1, 0.15) is 11.1 Å². The van der Waals surface area contributed by atoms with E-state index in [4.69, 9.17) is 5.11 Å². The first-order valence-corrected chi connectivity index (χ1v) is 5.11. The average molecular weight is 232 g/mol. The second-order valence-corrected chi connectivity index (χ2v) is 3.96. The smallest absolute Gasteiger partial charge is 0.330 e. The van der Waals surface area contributed by atoms with E-state index in [9.17, 15) is 9.59 Å². The highest BCUT2D eigenvalue weighted by Gasteiger charge is 2.20. The van der Waals surface area contributed by atoms with Gasteiger partial charge in [-0.15, -0.1) is 0 Å². The van der Waals surface area contributed by atoms with E-state index in [-0.39, 0.29) is 5.70 Å². The molecule has 1 aliphatic heterocycles. The van der Waals surface area contributed by atoms with Crippen LogP contribution in [0.5, 0.6) is 0 Å². The van der Waals surface area contributed by atoms with Gasteiger partial charge in [0.15, 0.2) is 0 Å². The number of carboxylic acid groups (broad SMARTS) is 1. The average Bonchev–Trinajstić information content (AvgIpc) is 2.22. The number of benzene rings is 1. The molecule has 0 saturated carbocycles. The lowest BCUT2D eigenvalue weighted by molar-refractivity contribution is -0.131. The molecular weight excluding hydrogens is 220 g/mol. The zero-order valence-corrected chi connectivity index (χ0v) is 9.50. The van der Waals surface area contributed by atoms with Gasteiger partial charge < -0.3 is 15.7 Å². The van der Waals surface area contributed by atoms with Crippen LogP contribution < -0.4 is 10.6 Å². The molecule has 0 fully saturated rings. The second-order valence-electron chi connectivity index (χ2n) is 3.96. The van der Waals surface area contributed by atoms with Crippen LogP contribution in [0.2, 0.25) is 0 Å². The van der Waals surface area contributed by atoms with Crippen molar-refractivity contribution in [3.05, 3.63) is 35.0 Å². The fourth-order valence-corrected chi connectivity index (χ4v) is 1.64. The standard InChI is InChI=1S/C12H12N2O3/c1-6-3-8-9(4-7(6)2)14-12(17)10(13-8)5-11(15)16/h3-5,13H,1-2H3,(H,14,17)(H,15,16)/b10-5-. The number of nitrogens with one attached hydrogen (secondary N) is 2. The molecule has 5 nitrogen and oxygen atoms in total. The second kappa shape index (κ2) is 3.93. The van der Waals surface area contributed by atoms with Crippen LogP contribution in [0, 0.1) is 13.8 Å². The molecule has 0 saturated heterocycles. The fraction of sp³-hybridized carbons (Fsp3) is 0.167. The van der Waals surface area contributed by atoms with Crippen LogP contribution >= 0.6 is 0 Å². The zero-order valence-electron chi connectivity index (χ0n) is 9.50. The van der Waals surface area contributed by atoms with Crippen molar-refractivity contribution in [1.82, 2.24) is 0 Å². The number of carbonyl (C=O) groups is 2. The highest BCUT2D eigenvalue weighted by atomic mass is 16.4. The Labute approximate surface area is 98.1 Å². The number of hydrogen-bond acceptors (Lipinski definition) is 3. The molecule has 1 aromatic rings. The van der Waals surface area contributed by atoms with Crippen LogP contribution in [0.4, 0.5) is 11.4 Å². The maximum Gasteiger partial charge on any atom is 0.330 e. The van der Waals surface area contributed by atoms with Crippen molar-refractivity contribution in [1.29, 1.82) is 0 Å². The monoisotopic (exact) mass is 232 g/mol. The minimum Gasteiger partial charge on any atom is -0.478 e. The minimum atomic E-state index is -1.16. The molecule has 1 amide bonds. The van der Waals surface area contributed by atoms with Gasteiger partial charge in [-0.2, -0.15) is 0 Å². The van der Waals surface area contributed by atoms with E-state index in [0.29, 0.717) is 11.4 Å². The van der Waals surface area contributed by atoms with Crippen molar-refractivity contribution in [3.8, 4) is 0 Å². The molecule has 1 aliphatic rings. The topological polar surface area (TPSA) is 78.4 Å². The molecule has 88 valence electrons.